The quantitative estimate of drug-likeness (QED) is 0.529. The van der Waals surface area contributed by atoms with Gasteiger partial charge in [0.1, 0.15) is 0 Å². The maximum Gasteiger partial charge on any atom is 0.284 e. The predicted molar refractivity (Wildman–Crippen MR) is 61.1 cm³/mol. The number of carbonyl (C=O) groups is 1. The topological polar surface area (TPSA) is 17.1 Å². The molecule has 0 saturated carbocycles. The van der Waals surface area contributed by atoms with Crippen LogP contribution in [0.15, 0.2) is 47.4 Å². The maximum atomic E-state index is 10.7. The fraction of sp³-hybridized carbons (Fsp3) is 0. The highest BCUT2D eigenvalue weighted by atomic mass is 35.5. The largest absolute Gasteiger partial charge is 0.284 e. The molecule has 0 aliphatic carbocycles. The molecule has 3 heteroatoms. The molecule has 1 nitrogen and oxygen atoms in total. The van der Waals surface area contributed by atoms with Gasteiger partial charge >= 0.3 is 0 Å². The summed E-state index contributed by atoms with van der Waals surface area (Å²) in [4.78, 5) is 11.6. The van der Waals surface area contributed by atoms with Crippen molar-refractivity contribution in [3.8, 4) is 0 Å². The van der Waals surface area contributed by atoms with Crippen molar-refractivity contribution in [2.45, 2.75) is 4.90 Å². The van der Waals surface area contributed by atoms with E-state index >= 15 is 0 Å². The van der Waals surface area contributed by atoms with Gasteiger partial charge in [-0.25, -0.2) is 0 Å². The fourth-order valence-electron chi connectivity index (χ4n) is 1.32. The fourth-order valence-corrected chi connectivity index (χ4v) is 2.10. The van der Waals surface area contributed by atoms with E-state index in [1.807, 2.05) is 42.5 Å². The number of carbonyl (C=O) groups excluding carboxylic acids is 1. The normalized spacial score (nSPS) is 10.4. The molecule has 70 valence electrons. The zero-order valence-corrected chi connectivity index (χ0v) is 8.81. The van der Waals surface area contributed by atoms with E-state index in [1.54, 1.807) is 0 Å². The van der Waals surface area contributed by atoms with Crippen molar-refractivity contribution in [3.63, 3.8) is 0 Å². The molecule has 0 radical (unpaired) electrons. The maximum absolute atomic E-state index is 10.7. The Bertz CT molecular complexity index is 481. The summed E-state index contributed by atoms with van der Waals surface area (Å²) in [7, 11) is 0. The van der Waals surface area contributed by atoms with Gasteiger partial charge in [-0.3, -0.25) is 4.79 Å². The minimum atomic E-state index is -0.403. The minimum absolute atomic E-state index is 0.403. The first-order valence-corrected chi connectivity index (χ1v) is 5.31. The zero-order chi connectivity index (χ0) is 9.97. The third-order valence-electron chi connectivity index (χ3n) is 1.92. The highest BCUT2D eigenvalue weighted by Crippen LogP contribution is 2.25. The molecule has 0 heterocycles. The molecule has 0 bridgehead atoms. The number of benzene rings is 2. The molecule has 0 amide bonds. The first-order chi connectivity index (χ1) is 6.75. The van der Waals surface area contributed by atoms with E-state index in [9.17, 15) is 4.79 Å². The van der Waals surface area contributed by atoms with Crippen molar-refractivity contribution >= 4 is 38.7 Å². The van der Waals surface area contributed by atoms with Gasteiger partial charge in [-0.15, -0.1) is 0 Å². The molecule has 0 atom stereocenters. The minimum Gasteiger partial charge on any atom is -0.268 e. The van der Waals surface area contributed by atoms with E-state index in [0.717, 1.165) is 22.0 Å². The van der Waals surface area contributed by atoms with Crippen LogP contribution in [-0.2, 0) is 0 Å². The molecule has 0 unspecified atom stereocenters. The Labute approximate surface area is 91.1 Å². The Kier molecular flexibility index (Phi) is 2.75. The first-order valence-electron chi connectivity index (χ1n) is 4.12. The number of halogens is 1. The number of fused-ring (bicyclic) bond motifs is 1. The van der Waals surface area contributed by atoms with Crippen LogP contribution in [-0.4, -0.2) is 4.57 Å². The van der Waals surface area contributed by atoms with E-state index in [4.69, 9.17) is 11.6 Å². The Morgan fingerprint density at radius 1 is 1.07 bits per heavy atom. The molecule has 0 aliphatic rings. The standard InChI is InChI=1S/C11H7ClOS/c12-11(13)14-10-6-5-8-3-1-2-4-9(8)7-10/h1-7H. The molecule has 0 aromatic heterocycles. The zero-order valence-electron chi connectivity index (χ0n) is 7.24. The van der Waals surface area contributed by atoms with Crippen molar-refractivity contribution in [3.05, 3.63) is 42.5 Å². The van der Waals surface area contributed by atoms with Gasteiger partial charge in [0.15, 0.2) is 0 Å². The second kappa shape index (κ2) is 4.03. The van der Waals surface area contributed by atoms with Crippen molar-refractivity contribution in [2.24, 2.45) is 0 Å². The van der Waals surface area contributed by atoms with Crippen LogP contribution in [0, 0.1) is 0 Å². The van der Waals surface area contributed by atoms with E-state index in [2.05, 4.69) is 0 Å². The van der Waals surface area contributed by atoms with Gasteiger partial charge in [0.25, 0.3) is 4.57 Å². The number of thioether (sulfide) groups is 1. The van der Waals surface area contributed by atoms with Crippen LogP contribution in [0.3, 0.4) is 0 Å². The summed E-state index contributed by atoms with van der Waals surface area (Å²) >= 11 is 6.33. The summed E-state index contributed by atoms with van der Waals surface area (Å²) in [6, 6.07) is 13.8. The molecule has 0 N–H and O–H groups in total. The van der Waals surface area contributed by atoms with Gasteiger partial charge in [0.2, 0.25) is 0 Å². The SMILES string of the molecule is O=C(Cl)Sc1ccc2ccccc2c1. The van der Waals surface area contributed by atoms with E-state index in [-0.39, 0.29) is 0 Å². The van der Waals surface area contributed by atoms with E-state index < -0.39 is 4.57 Å². The van der Waals surface area contributed by atoms with Crippen LogP contribution in [0.4, 0.5) is 4.79 Å². The third-order valence-corrected chi connectivity index (χ3v) is 2.80. The molecular formula is C11H7ClOS. The average Bonchev–Trinajstić information content (AvgIpc) is 2.17. The van der Waals surface area contributed by atoms with Gasteiger partial charge in [-0.05, 0) is 46.3 Å². The summed E-state index contributed by atoms with van der Waals surface area (Å²) in [5.41, 5.74) is 0. The van der Waals surface area contributed by atoms with E-state index in [0.29, 0.717) is 0 Å². The van der Waals surface area contributed by atoms with Crippen LogP contribution in [0.25, 0.3) is 10.8 Å². The van der Waals surface area contributed by atoms with Crippen LogP contribution in [0.2, 0.25) is 0 Å². The summed E-state index contributed by atoms with van der Waals surface area (Å²) in [6.45, 7) is 0. The lowest BCUT2D eigenvalue weighted by Crippen LogP contribution is -1.77. The summed E-state index contributed by atoms with van der Waals surface area (Å²) in [5, 5.41) is 2.29. The van der Waals surface area contributed by atoms with Gasteiger partial charge in [-0.2, -0.15) is 0 Å². The lowest BCUT2D eigenvalue weighted by molar-refractivity contribution is 0.276. The van der Waals surface area contributed by atoms with Crippen molar-refractivity contribution < 1.29 is 4.79 Å². The third kappa shape index (κ3) is 2.08. The summed E-state index contributed by atoms with van der Waals surface area (Å²) in [5.74, 6) is 0. The van der Waals surface area contributed by atoms with Crippen molar-refractivity contribution in [2.75, 3.05) is 0 Å². The van der Waals surface area contributed by atoms with Crippen LogP contribution in [0.1, 0.15) is 0 Å². The number of hydrogen-bond donors (Lipinski definition) is 0. The van der Waals surface area contributed by atoms with Gasteiger partial charge in [-0.1, -0.05) is 30.3 Å². The van der Waals surface area contributed by atoms with Crippen LogP contribution >= 0.6 is 23.4 Å². The molecular weight excluding hydrogens is 216 g/mol. The predicted octanol–water partition coefficient (Wildman–Crippen LogP) is 4.29. The molecule has 0 aliphatic heterocycles. The highest BCUT2D eigenvalue weighted by Gasteiger charge is 2.00. The van der Waals surface area contributed by atoms with Gasteiger partial charge in [0, 0.05) is 4.90 Å². The number of hydrogen-bond acceptors (Lipinski definition) is 2. The first kappa shape index (κ1) is 9.56. The van der Waals surface area contributed by atoms with Gasteiger partial charge < -0.3 is 0 Å². The molecule has 14 heavy (non-hydrogen) atoms. The van der Waals surface area contributed by atoms with Crippen molar-refractivity contribution in [1.29, 1.82) is 0 Å². The molecule has 0 saturated heterocycles. The van der Waals surface area contributed by atoms with Crippen LogP contribution < -0.4 is 0 Å². The Balaban J connectivity index is 2.46. The smallest absolute Gasteiger partial charge is 0.268 e. The second-order valence-corrected chi connectivity index (χ2v) is 4.46. The average molecular weight is 223 g/mol. The molecule has 2 aromatic rings. The molecule has 2 aromatic carbocycles. The Morgan fingerprint density at radius 2 is 1.79 bits per heavy atom. The molecule has 0 fully saturated rings. The number of rotatable bonds is 1. The molecule has 2 rings (SSSR count). The second-order valence-electron chi connectivity index (χ2n) is 2.85. The van der Waals surface area contributed by atoms with Crippen LogP contribution in [0.5, 0.6) is 0 Å². The monoisotopic (exact) mass is 222 g/mol. The lowest BCUT2D eigenvalue weighted by Gasteiger charge is -1.99. The van der Waals surface area contributed by atoms with E-state index in [1.165, 1.54) is 5.39 Å². The van der Waals surface area contributed by atoms with Gasteiger partial charge in [0.05, 0.1) is 0 Å². The lowest BCUT2D eigenvalue weighted by atomic mass is 10.1. The Hall–Kier alpha value is -0.990. The summed E-state index contributed by atoms with van der Waals surface area (Å²) in [6.07, 6.45) is 0. The Morgan fingerprint density at radius 3 is 2.50 bits per heavy atom. The highest BCUT2D eigenvalue weighted by molar-refractivity contribution is 8.16. The van der Waals surface area contributed by atoms with Crippen molar-refractivity contribution in [1.82, 2.24) is 0 Å². The molecule has 0 spiro atoms. The summed E-state index contributed by atoms with van der Waals surface area (Å²) < 4.78 is -0.403.